The Morgan fingerprint density at radius 3 is 3.19 bits per heavy atom. The molecular formula is C15H19BrN4O. The van der Waals surface area contributed by atoms with E-state index in [9.17, 15) is 0 Å². The molecule has 3 rings (SSSR count). The predicted octanol–water partition coefficient (Wildman–Crippen LogP) is 2.52. The molecule has 1 N–H and O–H groups in total. The third-order valence-electron chi connectivity index (χ3n) is 3.45. The molecule has 0 radical (unpaired) electrons. The van der Waals surface area contributed by atoms with Gasteiger partial charge in [-0.25, -0.2) is 9.67 Å². The summed E-state index contributed by atoms with van der Waals surface area (Å²) in [4.78, 5) is 4.34. The van der Waals surface area contributed by atoms with Gasteiger partial charge in [-0.05, 0) is 30.7 Å². The van der Waals surface area contributed by atoms with Gasteiger partial charge in [0.05, 0.1) is 19.7 Å². The van der Waals surface area contributed by atoms with Gasteiger partial charge >= 0.3 is 0 Å². The zero-order valence-corrected chi connectivity index (χ0v) is 13.7. The maximum absolute atomic E-state index is 5.75. The predicted molar refractivity (Wildman–Crippen MR) is 84.5 cm³/mol. The summed E-state index contributed by atoms with van der Waals surface area (Å²) in [6.07, 6.45) is 3.87. The molecule has 0 aliphatic carbocycles. The molecule has 1 aliphatic heterocycles. The number of hydrogen-bond acceptors (Lipinski definition) is 4. The van der Waals surface area contributed by atoms with Crippen LogP contribution < -0.4 is 10.1 Å². The van der Waals surface area contributed by atoms with Crippen molar-refractivity contribution in [3.05, 3.63) is 39.9 Å². The summed E-state index contributed by atoms with van der Waals surface area (Å²) in [5.41, 5.74) is 2.42. The van der Waals surface area contributed by atoms with Crippen LogP contribution in [0, 0.1) is 0 Å². The minimum Gasteiger partial charge on any atom is -0.493 e. The molecule has 5 nitrogen and oxygen atoms in total. The lowest BCUT2D eigenvalue weighted by Crippen LogP contribution is -2.15. The number of hydrogen-bond donors (Lipinski definition) is 1. The van der Waals surface area contributed by atoms with E-state index in [2.05, 4.69) is 50.4 Å². The molecule has 1 aromatic carbocycles. The van der Waals surface area contributed by atoms with Crippen LogP contribution in [0.25, 0.3) is 0 Å². The fourth-order valence-corrected chi connectivity index (χ4v) is 3.06. The van der Waals surface area contributed by atoms with E-state index in [1.807, 2.05) is 4.68 Å². The summed E-state index contributed by atoms with van der Waals surface area (Å²) in [5.74, 6) is 1.84. The molecule has 0 fully saturated rings. The van der Waals surface area contributed by atoms with Crippen LogP contribution in [0.2, 0.25) is 0 Å². The van der Waals surface area contributed by atoms with Crippen molar-refractivity contribution in [1.82, 2.24) is 20.1 Å². The van der Waals surface area contributed by atoms with E-state index in [0.717, 1.165) is 47.6 Å². The molecule has 2 aromatic rings. The SMILES string of the molecule is CCCNCc1ncn(Cc2cc(Br)cc3c2OCC3)n1. The van der Waals surface area contributed by atoms with Crippen LogP contribution in [0.15, 0.2) is 22.9 Å². The van der Waals surface area contributed by atoms with Crippen LogP contribution in [-0.4, -0.2) is 27.9 Å². The Morgan fingerprint density at radius 1 is 1.43 bits per heavy atom. The van der Waals surface area contributed by atoms with Crippen molar-refractivity contribution in [1.29, 1.82) is 0 Å². The normalized spacial score (nSPS) is 13.2. The summed E-state index contributed by atoms with van der Waals surface area (Å²) in [5, 5.41) is 7.81. The fraction of sp³-hybridized carbons (Fsp3) is 0.467. The summed E-state index contributed by atoms with van der Waals surface area (Å²) in [7, 11) is 0. The molecule has 0 saturated heterocycles. The third kappa shape index (κ3) is 3.44. The molecule has 0 amide bonds. The highest BCUT2D eigenvalue weighted by molar-refractivity contribution is 9.10. The molecule has 0 spiro atoms. The second-order valence-electron chi connectivity index (χ2n) is 5.19. The van der Waals surface area contributed by atoms with Crippen LogP contribution in [0.1, 0.15) is 30.3 Å². The maximum atomic E-state index is 5.75. The number of nitrogens with zero attached hydrogens (tertiary/aromatic N) is 3. The Hall–Kier alpha value is -1.40. The van der Waals surface area contributed by atoms with Crippen LogP contribution in [0.3, 0.4) is 0 Å². The number of nitrogens with one attached hydrogen (secondary N) is 1. The van der Waals surface area contributed by atoms with E-state index >= 15 is 0 Å². The monoisotopic (exact) mass is 350 g/mol. The van der Waals surface area contributed by atoms with E-state index in [-0.39, 0.29) is 0 Å². The minimum atomic E-state index is 0.683. The smallest absolute Gasteiger partial charge is 0.164 e. The van der Waals surface area contributed by atoms with E-state index < -0.39 is 0 Å². The molecule has 21 heavy (non-hydrogen) atoms. The molecule has 1 aromatic heterocycles. The zero-order chi connectivity index (χ0) is 14.7. The molecule has 6 heteroatoms. The van der Waals surface area contributed by atoms with Gasteiger partial charge < -0.3 is 10.1 Å². The second-order valence-corrected chi connectivity index (χ2v) is 6.10. The van der Waals surface area contributed by atoms with Gasteiger partial charge in [0, 0.05) is 16.5 Å². The lowest BCUT2D eigenvalue weighted by molar-refractivity contribution is 0.352. The highest BCUT2D eigenvalue weighted by Crippen LogP contribution is 2.33. The lowest BCUT2D eigenvalue weighted by atomic mass is 10.1. The lowest BCUT2D eigenvalue weighted by Gasteiger charge is -2.08. The van der Waals surface area contributed by atoms with Crippen molar-refractivity contribution >= 4 is 15.9 Å². The van der Waals surface area contributed by atoms with Crippen LogP contribution in [-0.2, 0) is 19.5 Å². The largest absolute Gasteiger partial charge is 0.493 e. The first-order chi connectivity index (χ1) is 10.3. The summed E-state index contributed by atoms with van der Waals surface area (Å²) < 4.78 is 8.71. The first-order valence-corrected chi connectivity index (χ1v) is 8.08. The summed E-state index contributed by atoms with van der Waals surface area (Å²) in [6, 6.07) is 4.23. The van der Waals surface area contributed by atoms with E-state index in [4.69, 9.17) is 4.74 Å². The van der Waals surface area contributed by atoms with E-state index in [0.29, 0.717) is 13.1 Å². The van der Waals surface area contributed by atoms with Crippen molar-refractivity contribution in [2.24, 2.45) is 0 Å². The molecule has 2 heterocycles. The number of aromatic nitrogens is 3. The summed E-state index contributed by atoms with van der Waals surface area (Å²) in [6.45, 7) is 5.30. The van der Waals surface area contributed by atoms with Gasteiger partial charge in [0.15, 0.2) is 5.82 Å². The van der Waals surface area contributed by atoms with Gasteiger partial charge in [0.2, 0.25) is 0 Å². The van der Waals surface area contributed by atoms with E-state index in [1.165, 1.54) is 5.56 Å². The van der Waals surface area contributed by atoms with Gasteiger partial charge in [-0.1, -0.05) is 22.9 Å². The van der Waals surface area contributed by atoms with Crippen molar-refractivity contribution in [3.8, 4) is 5.75 Å². The quantitative estimate of drug-likeness (QED) is 0.813. The zero-order valence-electron chi connectivity index (χ0n) is 12.1. The number of halogens is 1. The van der Waals surface area contributed by atoms with Gasteiger partial charge in [0.25, 0.3) is 0 Å². The maximum Gasteiger partial charge on any atom is 0.164 e. The molecule has 1 aliphatic rings. The Bertz CT molecular complexity index is 626. The number of fused-ring (bicyclic) bond motifs is 1. The van der Waals surface area contributed by atoms with Crippen LogP contribution in [0.4, 0.5) is 0 Å². The molecular weight excluding hydrogens is 332 g/mol. The topological polar surface area (TPSA) is 52.0 Å². The molecule has 0 bridgehead atoms. The Kier molecular flexibility index (Phi) is 4.55. The van der Waals surface area contributed by atoms with Gasteiger partial charge in [-0.2, -0.15) is 5.10 Å². The standard InChI is InChI=1S/C15H19BrN4O/c1-2-4-17-8-14-18-10-20(19-14)9-12-7-13(16)6-11-3-5-21-15(11)12/h6-7,10,17H,2-5,8-9H2,1H3. The third-order valence-corrected chi connectivity index (χ3v) is 3.91. The summed E-state index contributed by atoms with van der Waals surface area (Å²) >= 11 is 3.57. The average molecular weight is 351 g/mol. The van der Waals surface area contributed by atoms with E-state index in [1.54, 1.807) is 6.33 Å². The first-order valence-electron chi connectivity index (χ1n) is 7.29. The second kappa shape index (κ2) is 6.58. The molecule has 112 valence electrons. The van der Waals surface area contributed by atoms with Gasteiger partial charge in [-0.15, -0.1) is 0 Å². The van der Waals surface area contributed by atoms with Crippen LogP contribution >= 0.6 is 15.9 Å². The Balaban J connectivity index is 1.72. The van der Waals surface area contributed by atoms with Gasteiger partial charge in [-0.3, -0.25) is 0 Å². The number of benzene rings is 1. The van der Waals surface area contributed by atoms with Crippen molar-refractivity contribution in [2.45, 2.75) is 32.9 Å². The molecule has 0 unspecified atom stereocenters. The average Bonchev–Trinajstić information content (AvgIpc) is 3.08. The van der Waals surface area contributed by atoms with Crippen molar-refractivity contribution < 1.29 is 4.74 Å². The van der Waals surface area contributed by atoms with Crippen molar-refractivity contribution in [3.63, 3.8) is 0 Å². The minimum absolute atomic E-state index is 0.683. The number of ether oxygens (including phenoxy) is 1. The molecule has 0 atom stereocenters. The Labute approximate surface area is 132 Å². The number of rotatable bonds is 6. The highest BCUT2D eigenvalue weighted by Gasteiger charge is 2.18. The molecule has 0 saturated carbocycles. The fourth-order valence-electron chi connectivity index (χ4n) is 2.51. The van der Waals surface area contributed by atoms with Crippen molar-refractivity contribution in [2.75, 3.05) is 13.2 Å². The van der Waals surface area contributed by atoms with Crippen LogP contribution in [0.5, 0.6) is 5.75 Å². The first kappa shape index (κ1) is 14.5. The highest BCUT2D eigenvalue weighted by atomic mass is 79.9. The Morgan fingerprint density at radius 2 is 2.33 bits per heavy atom. The van der Waals surface area contributed by atoms with Gasteiger partial charge in [0.1, 0.15) is 12.1 Å².